The molecule has 2 aromatic rings. The summed E-state index contributed by atoms with van der Waals surface area (Å²) in [6, 6.07) is 7.54. The first-order valence-corrected chi connectivity index (χ1v) is 8.92. The van der Waals surface area contributed by atoms with Crippen LogP contribution in [0.3, 0.4) is 0 Å². The van der Waals surface area contributed by atoms with E-state index >= 15 is 0 Å². The fourth-order valence-corrected chi connectivity index (χ4v) is 3.66. The molecule has 1 aromatic heterocycles. The third kappa shape index (κ3) is 4.25. The summed E-state index contributed by atoms with van der Waals surface area (Å²) >= 11 is 0. The molecule has 0 spiro atoms. The van der Waals surface area contributed by atoms with Crippen LogP contribution < -0.4 is 4.74 Å². The zero-order valence-electron chi connectivity index (χ0n) is 15.9. The van der Waals surface area contributed by atoms with Gasteiger partial charge in [0.1, 0.15) is 18.6 Å². The van der Waals surface area contributed by atoms with E-state index in [1.54, 1.807) is 12.0 Å². The van der Waals surface area contributed by atoms with Crippen molar-refractivity contribution in [1.29, 1.82) is 0 Å². The molecule has 27 heavy (non-hydrogen) atoms. The first kappa shape index (κ1) is 19.2. The molecule has 1 fully saturated rings. The summed E-state index contributed by atoms with van der Waals surface area (Å²) in [6.45, 7) is 1.69. The minimum absolute atomic E-state index is 0.0567. The topological polar surface area (TPSA) is 96.6 Å². The molecule has 1 aliphatic rings. The van der Waals surface area contributed by atoms with Crippen LogP contribution in [0, 0.1) is 5.92 Å². The summed E-state index contributed by atoms with van der Waals surface area (Å²) in [5, 5.41) is 22.4. The van der Waals surface area contributed by atoms with Crippen molar-refractivity contribution in [2.24, 2.45) is 5.92 Å². The highest BCUT2D eigenvalue weighted by Gasteiger charge is 2.44. The number of piperidine rings is 1. The summed E-state index contributed by atoms with van der Waals surface area (Å²) in [5.74, 6) is 0.520. The summed E-state index contributed by atoms with van der Waals surface area (Å²) in [7, 11) is 5.54. The van der Waals surface area contributed by atoms with Crippen molar-refractivity contribution >= 4 is 5.91 Å². The first-order valence-electron chi connectivity index (χ1n) is 8.92. The molecule has 1 aliphatic heterocycles. The maximum atomic E-state index is 12.6. The molecule has 1 N–H and O–H groups in total. The number of hydrogen-bond acceptors (Lipinski definition) is 7. The van der Waals surface area contributed by atoms with Gasteiger partial charge in [0, 0.05) is 25.6 Å². The van der Waals surface area contributed by atoms with E-state index in [-0.39, 0.29) is 18.4 Å². The molecule has 2 heterocycles. The van der Waals surface area contributed by atoms with Crippen LogP contribution >= 0.6 is 0 Å². The van der Waals surface area contributed by atoms with Crippen LogP contribution in [0.15, 0.2) is 30.6 Å². The Bertz CT molecular complexity index is 766. The second-order valence-corrected chi connectivity index (χ2v) is 7.21. The van der Waals surface area contributed by atoms with Crippen molar-refractivity contribution in [1.82, 2.24) is 30.0 Å². The number of aromatic nitrogens is 4. The van der Waals surface area contributed by atoms with Gasteiger partial charge in [-0.1, -0.05) is 12.1 Å². The number of carbonyl (C=O) groups is 1. The van der Waals surface area contributed by atoms with Gasteiger partial charge in [0.05, 0.1) is 12.7 Å². The number of rotatable bonds is 6. The fourth-order valence-electron chi connectivity index (χ4n) is 3.66. The van der Waals surface area contributed by atoms with Crippen LogP contribution in [-0.4, -0.2) is 81.9 Å². The van der Waals surface area contributed by atoms with Gasteiger partial charge in [-0.3, -0.25) is 4.79 Å². The van der Waals surface area contributed by atoms with Gasteiger partial charge in [0.25, 0.3) is 0 Å². The number of benzene rings is 1. The molecule has 1 aromatic carbocycles. The van der Waals surface area contributed by atoms with E-state index < -0.39 is 5.60 Å². The second-order valence-electron chi connectivity index (χ2n) is 7.21. The number of likely N-dealkylation sites (tertiary alicyclic amines) is 1. The van der Waals surface area contributed by atoms with Crippen LogP contribution in [0.1, 0.15) is 12.0 Å². The smallest absolute Gasteiger partial charge is 0.244 e. The zero-order chi connectivity index (χ0) is 19.4. The quantitative estimate of drug-likeness (QED) is 0.759. The number of carbonyl (C=O) groups excluding carboxylic acids is 1. The third-order valence-corrected chi connectivity index (χ3v) is 5.08. The highest BCUT2D eigenvalue weighted by Crippen LogP contribution is 2.39. The van der Waals surface area contributed by atoms with Gasteiger partial charge in [-0.2, -0.15) is 0 Å². The van der Waals surface area contributed by atoms with Crippen LogP contribution in [0.4, 0.5) is 0 Å². The molecule has 3 rings (SSSR count). The molecule has 9 heteroatoms. The average Bonchev–Trinajstić information content (AvgIpc) is 3.16. The maximum Gasteiger partial charge on any atom is 0.244 e. The normalized spacial score (nSPS) is 22.9. The Morgan fingerprint density at radius 3 is 2.93 bits per heavy atom. The van der Waals surface area contributed by atoms with E-state index in [1.165, 1.54) is 11.0 Å². The number of methoxy groups -OCH3 is 1. The van der Waals surface area contributed by atoms with Crippen molar-refractivity contribution in [3.05, 3.63) is 36.2 Å². The summed E-state index contributed by atoms with van der Waals surface area (Å²) in [4.78, 5) is 16.5. The van der Waals surface area contributed by atoms with Gasteiger partial charge in [-0.15, -0.1) is 5.10 Å². The lowest BCUT2D eigenvalue weighted by Crippen LogP contribution is -2.55. The van der Waals surface area contributed by atoms with Crippen LogP contribution in [0.25, 0.3) is 0 Å². The van der Waals surface area contributed by atoms with Crippen LogP contribution in [0.5, 0.6) is 5.75 Å². The molecule has 1 amide bonds. The number of ether oxygens (including phenoxy) is 1. The van der Waals surface area contributed by atoms with E-state index in [1.807, 2.05) is 43.3 Å². The lowest BCUT2D eigenvalue weighted by molar-refractivity contribution is -0.142. The molecule has 1 saturated heterocycles. The Kier molecular flexibility index (Phi) is 5.71. The molecule has 9 nitrogen and oxygen atoms in total. The van der Waals surface area contributed by atoms with E-state index in [4.69, 9.17) is 4.74 Å². The molecule has 0 saturated carbocycles. The molecular weight excluding hydrogens is 348 g/mol. The Balaban J connectivity index is 1.80. The van der Waals surface area contributed by atoms with E-state index in [9.17, 15) is 9.90 Å². The molecule has 0 bridgehead atoms. The van der Waals surface area contributed by atoms with Crippen molar-refractivity contribution in [2.75, 3.05) is 40.8 Å². The minimum Gasteiger partial charge on any atom is -0.497 e. The number of hydrogen-bond donors (Lipinski definition) is 1. The maximum absolute atomic E-state index is 12.6. The summed E-state index contributed by atoms with van der Waals surface area (Å²) in [6.07, 6.45) is 1.88. The van der Waals surface area contributed by atoms with Crippen molar-refractivity contribution in [3.63, 3.8) is 0 Å². The fraction of sp³-hybridized carbons (Fsp3) is 0.556. The second kappa shape index (κ2) is 8.01. The largest absolute Gasteiger partial charge is 0.497 e. The Morgan fingerprint density at radius 1 is 1.44 bits per heavy atom. The Labute approximate surface area is 158 Å². The van der Waals surface area contributed by atoms with Gasteiger partial charge >= 0.3 is 0 Å². The van der Waals surface area contributed by atoms with Gasteiger partial charge in [0.15, 0.2) is 0 Å². The van der Waals surface area contributed by atoms with E-state index in [0.29, 0.717) is 31.8 Å². The molecule has 0 radical (unpaired) electrons. The highest BCUT2D eigenvalue weighted by atomic mass is 16.5. The van der Waals surface area contributed by atoms with Gasteiger partial charge in [-0.25, -0.2) is 4.68 Å². The molecule has 146 valence electrons. The Hall–Kier alpha value is -2.52. The van der Waals surface area contributed by atoms with Crippen molar-refractivity contribution in [2.45, 2.75) is 18.6 Å². The van der Waals surface area contributed by atoms with Crippen molar-refractivity contribution < 1.29 is 14.6 Å². The van der Waals surface area contributed by atoms with Crippen molar-refractivity contribution in [3.8, 4) is 5.75 Å². The summed E-state index contributed by atoms with van der Waals surface area (Å²) < 4.78 is 6.73. The monoisotopic (exact) mass is 374 g/mol. The molecular formula is C18H26N6O3. The first-order chi connectivity index (χ1) is 12.9. The van der Waals surface area contributed by atoms with Crippen LogP contribution in [-0.2, 0) is 16.9 Å². The average molecular weight is 374 g/mol. The number of aliphatic hydroxyl groups is 1. The lowest BCUT2D eigenvalue weighted by atomic mass is 9.75. The Morgan fingerprint density at radius 2 is 2.26 bits per heavy atom. The number of nitrogens with zero attached hydrogens (tertiary/aromatic N) is 6. The number of amides is 1. The summed E-state index contributed by atoms with van der Waals surface area (Å²) in [5.41, 5.74) is -0.203. The standard InChI is InChI=1S/C18H26N6O3/c1-22(2)10-15-11-23(17(25)12-24-13-19-20-21-24)8-7-18(15,26)14-5-4-6-16(9-14)27-3/h4-6,9,13,15,26H,7-8,10-12H2,1-3H3. The lowest BCUT2D eigenvalue weighted by Gasteiger charge is -2.46. The number of tetrazole rings is 1. The van der Waals surface area contributed by atoms with Gasteiger partial charge < -0.3 is 19.6 Å². The van der Waals surface area contributed by atoms with Crippen LogP contribution in [0.2, 0.25) is 0 Å². The minimum atomic E-state index is -1.02. The SMILES string of the molecule is COc1cccc(C2(O)CCN(C(=O)Cn3cnnn3)CC2CN(C)C)c1. The predicted molar refractivity (Wildman–Crippen MR) is 97.9 cm³/mol. The van der Waals surface area contributed by atoms with Gasteiger partial charge in [-0.05, 0) is 48.6 Å². The van der Waals surface area contributed by atoms with E-state index in [0.717, 1.165) is 5.56 Å². The zero-order valence-corrected chi connectivity index (χ0v) is 15.9. The molecule has 2 atom stereocenters. The van der Waals surface area contributed by atoms with Gasteiger partial charge in [0.2, 0.25) is 5.91 Å². The molecule has 2 unspecified atom stereocenters. The molecule has 0 aliphatic carbocycles. The van der Waals surface area contributed by atoms with E-state index in [2.05, 4.69) is 15.5 Å². The predicted octanol–water partition coefficient (Wildman–Crippen LogP) is -0.0204. The third-order valence-electron chi connectivity index (χ3n) is 5.08. The highest BCUT2D eigenvalue weighted by molar-refractivity contribution is 5.76.